The SMILES string of the molecule is O=C(CC1CCCS(=O)(=O)C1)Nc1ccc(Br)cc1. The lowest BCUT2D eigenvalue weighted by molar-refractivity contribution is -0.117. The van der Waals surface area contributed by atoms with Gasteiger partial charge in [0, 0.05) is 16.6 Å². The molecule has 1 aliphatic heterocycles. The van der Waals surface area contributed by atoms with Gasteiger partial charge in [-0.05, 0) is 43.0 Å². The molecule has 1 heterocycles. The first kappa shape index (κ1) is 14.5. The number of rotatable bonds is 3. The highest BCUT2D eigenvalue weighted by Crippen LogP contribution is 2.22. The van der Waals surface area contributed by atoms with Crippen LogP contribution in [0.1, 0.15) is 19.3 Å². The summed E-state index contributed by atoms with van der Waals surface area (Å²) < 4.78 is 24.0. The maximum Gasteiger partial charge on any atom is 0.224 e. The Kier molecular flexibility index (Phi) is 4.62. The van der Waals surface area contributed by atoms with Crippen LogP contribution in [0.25, 0.3) is 0 Å². The molecule has 6 heteroatoms. The minimum atomic E-state index is -2.94. The highest BCUT2D eigenvalue weighted by atomic mass is 79.9. The van der Waals surface area contributed by atoms with Gasteiger partial charge in [-0.25, -0.2) is 8.42 Å². The molecule has 1 N–H and O–H groups in total. The van der Waals surface area contributed by atoms with Gasteiger partial charge in [0.05, 0.1) is 11.5 Å². The van der Waals surface area contributed by atoms with Crippen molar-refractivity contribution in [3.8, 4) is 0 Å². The maximum atomic E-state index is 11.9. The van der Waals surface area contributed by atoms with Crippen LogP contribution >= 0.6 is 15.9 Å². The van der Waals surface area contributed by atoms with Crippen LogP contribution in [0.4, 0.5) is 5.69 Å². The van der Waals surface area contributed by atoms with Crippen LogP contribution in [-0.4, -0.2) is 25.8 Å². The second-order valence-electron chi connectivity index (χ2n) is 4.88. The summed E-state index contributed by atoms with van der Waals surface area (Å²) in [5.41, 5.74) is 0.729. The summed E-state index contributed by atoms with van der Waals surface area (Å²) in [5, 5.41) is 2.79. The van der Waals surface area contributed by atoms with Crippen molar-refractivity contribution in [1.29, 1.82) is 0 Å². The largest absolute Gasteiger partial charge is 0.326 e. The number of carbonyl (C=O) groups is 1. The minimum absolute atomic E-state index is 0.0470. The third kappa shape index (κ3) is 4.62. The van der Waals surface area contributed by atoms with Crippen LogP contribution in [0.5, 0.6) is 0 Å². The van der Waals surface area contributed by atoms with Crippen LogP contribution in [-0.2, 0) is 14.6 Å². The van der Waals surface area contributed by atoms with Gasteiger partial charge in [0.1, 0.15) is 0 Å². The Hall–Kier alpha value is -0.880. The summed E-state index contributed by atoms with van der Waals surface area (Å²) in [6.45, 7) is 0. The zero-order chi connectivity index (χ0) is 13.9. The number of halogens is 1. The average molecular weight is 346 g/mol. The molecule has 0 radical (unpaired) electrons. The van der Waals surface area contributed by atoms with Crippen molar-refractivity contribution < 1.29 is 13.2 Å². The second kappa shape index (κ2) is 6.05. The average Bonchev–Trinajstić information content (AvgIpc) is 2.30. The van der Waals surface area contributed by atoms with Crippen molar-refractivity contribution in [2.24, 2.45) is 5.92 Å². The number of benzene rings is 1. The molecule has 19 heavy (non-hydrogen) atoms. The number of amides is 1. The molecule has 0 aromatic heterocycles. The Bertz CT molecular complexity index is 554. The quantitative estimate of drug-likeness (QED) is 0.915. The van der Waals surface area contributed by atoms with Crippen molar-refractivity contribution in [3.63, 3.8) is 0 Å². The first-order chi connectivity index (χ1) is 8.94. The number of sulfone groups is 1. The molecular formula is C13H16BrNO3S. The van der Waals surface area contributed by atoms with E-state index < -0.39 is 9.84 Å². The van der Waals surface area contributed by atoms with Crippen LogP contribution in [0.3, 0.4) is 0 Å². The van der Waals surface area contributed by atoms with Gasteiger partial charge in [-0.1, -0.05) is 15.9 Å². The summed E-state index contributed by atoms with van der Waals surface area (Å²) in [5.74, 6) is 0.233. The first-order valence-corrected chi connectivity index (χ1v) is 8.82. The molecule has 0 spiro atoms. The number of anilines is 1. The van der Waals surface area contributed by atoms with Crippen LogP contribution in [0.2, 0.25) is 0 Å². The molecule has 1 saturated heterocycles. The number of nitrogens with one attached hydrogen (secondary N) is 1. The first-order valence-electron chi connectivity index (χ1n) is 6.20. The van der Waals surface area contributed by atoms with E-state index >= 15 is 0 Å². The van der Waals surface area contributed by atoms with Crippen LogP contribution < -0.4 is 5.32 Å². The fourth-order valence-electron chi connectivity index (χ4n) is 2.29. The van der Waals surface area contributed by atoms with Gasteiger partial charge in [0.25, 0.3) is 0 Å². The predicted molar refractivity (Wildman–Crippen MR) is 78.8 cm³/mol. The summed E-state index contributed by atoms with van der Waals surface area (Å²) >= 11 is 3.32. The molecule has 1 aromatic rings. The van der Waals surface area contributed by atoms with Gasteiger partial charge in [0.2, 0.25) is 5.91 Å². The van der Waals surface area contributed by atoms with Gasteiger partial charge < -0.3 is 5.32 Å². The standard InChI is InChI=1S/C13H16BrNO3S/c14-11-3-5-12(6-4-11)15-13(16)8-10-2-1-7-19(17,18)9-10/h3-6,10H,1-2,7-9H2,(H,15,16). The topological polar surface area (TPSA) is 63.2 Å². The van der Waals surface area contributed by atoms with Gasteiger partial charge >= 0.3 is 0 Å². The van der Waals surface area contributed by atoms with E-state index in [1.807, 2.05) is 12.1 Å². The fraction of sp³-hybridized carbons (Fsp3) is 0.462. The fourth-order valence-corrected chi connectivity index (χ4v) is 4.33. The van der Waals surface area contributed by atoms with E-state index in [1.54, 1.807) is 12.1 Å². The third-order valence-corrected chi connectivity index (χ3v) is 5.58. The molecule has 0 saturated carbocycles. The Morgan fingerprint density at radius 3 is 2.63 bits per heavy atom. The van der Waals surface area contributed by atoms with E-state index in [0.29, 0.717) is 6.42 Å². The van der Waals surface area contributed by atoms with E-state index in [9.17, 15) is 13.2 Å². The van der Waals surface area contributed by atoms with E-state index in [0.717, 1.165) is 16.6 Å². The van der Waals surface area contributed by atoms with Crippen molar-refractivity contribution in [1.82, 2.24) is 0 Å². The van der Waals surface area contributed by atoms with E-state index in [-0.39, 0.29) is 29.8 Å². The lowest BCUT2D eigenvalue weighted by Crippen LogP contribution is -2.28. The maximum absolute atomic E-state index is 11.9. The molecule has 2 rings (SSSR count). The Morgan fingerprint density at radius 2 is 2.00 bits per heavy atom. The summed E-state index contributed by atoms with van der Waals surface area (Å²) in [6, 6.07) is 7.31. The van der Waals surface area contributed by atoms with Crippen LogP contribution in [0.15, 0.2) is 28.7 Å². The van der Waals surface area contributed by atoms with Crippen molar-refractivity contribution in [2.75, 3.05) is 16.8 Å². The molecule has 1 atom stereocenters. The molecule has 1 aromatic carbocycles. The smallest absolute Gasteiger partial charge is 0.224 e. The monoisotopic (exact) mass is 345 g/mol. The van der Waals surface area contributed by atoms with Gasteiger partial charge in [-0.2, -0.15) is 0 Å². The zero-order valence-electron chi connectivity index (χ0n) is 10.4. The van der Waals surface area contributed by atoms with Gasteiger partial charge in [-0.15, -0.1) is 0 Å². The van der Waals surface area contributed by atoms with Gasteiger partial charge in [-0.3, -0.25) is 4.79 Å². The van der Waals surface area contributed by atoms with E-state index in [2.05, 4.69) is 21.2 Å². The number of carbonyl (C=O) groups excluding carboxylic acids is 1. The number of hydrogen-bond acceptors (Lipinski definition) is 3. The summed E-state index contributed by atoms with van der Waals surface area (Å²) in [7, 11) is -2.94. The minimum Gasteiger partial charge on any atom is -0.326 e. The van der Waals surface area contributed by atoms with Crippen LogP contribution in [0, 0.1) is 5.92 Å². The Balaban J connectivity index is 1.89. The Labute approximate surface area is 121 Å². The van der Waals surface area contributed by atoms with Crippen molar-refractivity contribution in [2.45, 2.75) is 19.3 Å². The van der Waals surface area contributed by atoms with Gasteiger partial charge in [0.15, 0.2) is 9.84 Å². The normalized spacial score (nSPS) is 21.8. The molecule has 1 unspecified atom stereocenters. The third-order valence-electron chi connectivity index (χ3n) is 3.16. The van der Waals surface area contributed by atoms with Crippen molar-refractivity contribution in [3.05, 3.63) is 28.7 Å². The molecule has 0 aliphatic carbocycles. The highest BCUT2D eigenvalue weighted by Gasteiger charge is 2.26. The highest BCUT2D eigenvalue weighted by molar-refractivity contribution is 9.10. The summed E-state index contributed by atoms with van der Waals surface area (Å²) in [4.78, 5) is 11.9. The molecule has 1 aliphatic rings. The Morgan fingerprint density at radius 1 is 1.32 bits per heavy atom. The summed E-state index contributed by atoms with van der Waals surface area (Å²) in [6.07, 6.45) is 1.75. The lowest BCUT2D eigenvalue weighted by atomic mass is 10.0. The van der Waals surface area contributed by atoms with E-state index in [1.165, 1.54) is 0 Å². The molecule has 1 fully saturated rings. The lowest BCUT2D eigenvalue weighted by Gasteiger charge is -2.21. The number of hydrogen-bond donors (Lipinski definition) is 1. The second-order valence-corrected chi connectivity index (χ2v) is 8.03. The molecular weight excluding hydrogens is 330 g/mol. The molecule has 4 nitrogen and oxygen atoms in total. The van der Waals surface area contributed by atoms with Crippen molar-refractivity contribution >= 4 is 37.4 Å². The predicted octanol–water partition coefficient (Wildman–Crippen LogP) is 2.60. The van der Waals surface area contributed by atoms with E-state index in [4.69, 9.17) is 0 Å². The molecule has 104 valence electrons. The molecule has 0 bridgehead atoms. The molecule has 1 amide bonds. The zero-order valence-corrected chi connectivity index (χ0v) is 12.8.